The molecule has 0 saturated heterocycles. The second-order valence-corrected chi connectivity index (χ2v) is 1.49. The summed E-state index contributed by atoms with van der Waals surface area (Å²) < 4.78 is 0. The maximum atomic E-state index is 7.99. The van der Waals surface area contributed by atoms with Crippen molar-refractivity contribution < 1.29 is 0 Å². The Morgan fingerprint density at radius 1 is 1.86 bits per heavy atom. The highest BCUT2D eigenvalue weighted by molar-refractivity contribution is 6.32. The third-order valence-electron chi connectivity index (χ3n) is 0.444. The zero-order valence-electron chi connectivity index (χ0n) is 3.90. The van der Waals surface area contributed by atoms with Gasteiger partial charge in [0.25, 0.3) is 0 Å². The van der Waals surface area contributed by atoms with Crippen molar-refractivity contribution in [2.75, 3.05) is 0 Å². The summed E-state index contributed by atoms with van der Waals surface area (Å²) in [5, 5.41) is 8.05. The first-order valence-corrected chi connectivity index (χ1v) is 2.08. The number of nitrogens with two attached hydrogens (primary N) is 1. The molecule has 0 aromatic heterocycles. The summed E-state index contributed by atoms with van der Waals surface area (Å²) in [6.45, 7) is 1.57. The lowest BCUT2D eigenvalue weighted by molar-refractivity contribution is 1.30. The van der Waals surface area contributed by atoms with Gasteiger partial charge in [0.05, 0.1) is 0 Å². The van der Waals surface area contributed by atoms with E-state index in [1.165, 1.54) is 0 Å². The fourth-order valence-corrected chi connectivity index (χ4v) is 0.0882. The van der Waals surface area contributed by atoms with Gasteiger partial charge in [0, 0.05) is 5.70 Å². The average molecular weight is 117 g/mol. The third kappa shape index (κ3) is 2.07. The fraction of sp³-hybridized carbons (Fsp3) is 0.250. The van der Waals surface area contributed by atoms with Crippen molar-refractivity contribution in [3.63, 3.8) is 0 Å². The van der Waals surface area contributed by atoms with Gasteiger partial charge in [-0.25, -0.2) is 0 Å². The molecule has 0 aromatic carbocycles. The topological polar surface area (TPSA) is 49.8 Å². The number of hydrogen-bond donors (Lipinski definition) is 1. The normalized spacial score (nSPS) is 12.1. The Kier molecular flexibility index (Phi) is 2.24. The van der Waals surface area contributed by atoms with Crippen molar-refractivity contribution in [3.8, 4) is 6.07 Å². The van der Waals surface area contributed by atoms with Crippen LogP contribution in [0.15, 0.2) is 10.7 Å². The molecule has 0 aromatic rings. The maximum Gasteiger partial charge on any atom is 0.136 e. The predicted molar refractivity (Wildman–Crippen MR) is 28.4 cm³/mol. The summed E-state index contributed by atoms with van der Waals surface area (Å²) in [5.74, 6) is 0. The van der Waals surface area contributed by atoms with Gasteiger partial charge >= 0.3 is 0 Å². The molecule has 0 aliphatic heterocycles. The van der Waals surface area contributed by atoms with E-state index in [0.29, 0.717) is 5.70 Å². The molecule has 0 heterocycles. The van der Waals surface area contributed by atoms with Crippen molar-refractivity contribution >= 4 is 11.6 Å². The van der Waals surface area contributed by atoms with Gasteiger partial charge in [0.1, 0.15) is 11.1 Å². The van der Waals surface area contributed by atoms with E-state index in [-0.39, 0.29) is 5.03 Å². The molecular formula is C4H5ClN2. The first-order valence-electron chi connectivity index (χ1n) is 1.70. The van der Waals surface area contributed by atoms with Crippen LogP contribution in [0.5, 0.6) is 0 Å². The largest absolute Gasteiger partial charge is 0.400 e. The van der Waals surface area contributed by atoms with E-state index in [1.54, 1.807) is 13.0 Å². The van der Waals surface area contributed by atoms with E-state index in [0.717, 1.165) is 0 Å². The fourth-order valence-electron chi connectivity index (χ4n) is 0.0882. The molecule has 2 nitrogen and oxygen atoms in total. The number of halogens is 1. The van der Waals surface area contributed by atoms with Crippen LogP contribution in [0.2, 0.25) is 0 Å². The van der Waals surface area contributed by atoms with Gasteiger partial charge in [-0.1, -0.05) is 11.6 Å². The second kappa shape index (κ2) is 2.49. The number of rotatable bonds is 0. The minimum atomic E-state index is 0.0694. The number of allylic oxidation sites excluding steroid dienone is 2. The zero-order valence-corrected chi connectivity index (χ0v) is 4.66. The Morgan fingerprint density at radius 3 is 2.29 bits per heavy atom. The summed E-state index contributed by atoms with van der Waals surface area (Å²) in [5.41, 5.74) is 5.44. The van der Waals surface area contributed by atoms with Crippen LogP contribution in [-0.4, -0.2) is 0 Å². The highest BCUT2D eigenvalue weighted by Crippen LogP contribution is 1.99. The third-order valence-corrected chi connectivity index (χ3v) is 0.827. The van der Waals surface area contributed by atoms with E-state index in [4.69, 9.17) is 22.6 Å². The molecule has 0 rings (SSSR count). The SMILES string of the molecule is C/C(N)=C(/Cl)C#N. The standard InChI is InChI=1S/C4H5ClN2/c1-3(7)4(5)2-6/h7H2,1H3/b4-3-. The molecule has 0 aliphatic rings. The number of nitriles is 1. The van der Waals surface area contributed by atoms with Crippen LogP contribution in [-0.2, 0) is 0 Å². The van der Waals surface area contributed by atoms with Gasteiger partial charge in [-0.2, -0.15) is 5.26 Å². The molecule has 2 N–H and O–H groups in total. The molecular weight excluding hydrogens is 112 g/mol. The second-order valence-electron chi connectivity index (χ2n) is 1.11. The minimum Gasteiger partial charge on any atom is -0.400 e. The first kappa shape index (κ1) is 6.32. The predicted octanol–water partition coefficient (Wildman–Crippen LogP) is 0.939. The average Bonchev–Trinajstić information content (AvgIpc) is 1.65. The van der Waals surface area contributed by atoms with E-state index in [9.17, 15) is 0 Å². The maximum absolute atomic E-state index is 7.99. The molecule has 0 atom stereocenters. The molecule has 0 amide bonds. The quantitative estimate of drug-likeness (QED) is 0.479. The first-order chi connectivity index (χ1) is 3.18. The van der Waals surface area contributed by atoms with Gasteiger partial charge in [0.2, 0.25) is 0 Å². The van der Waals surface area contributed by atoms with Gasteiger partial charge < -0.3 is 5.73 Å². The zero-order chi connectivity index (χ0) is 5.86. The highest BCUT2D eigenvalue weighted by Gasteiger charge is 1.87. The van der Waals surface area contributed by atoms with Gasteiger partial charge in [0.15, 0.2) is 0 Å². The molecule has 38 valence electrons. The van der Waals surface area contributed by atoms with Crippen LogP contribution in [0.25, 0.3) is 0 Å². The van der Waals surface area contributed by atoms with Crippen LogP contribution < -0.4 is 5.73 Å². The minimum absolute atomic E-state index is 0.0694. The molecule has 7 heavy (non-hydrogen) atoms. The van der Waals surface area contributed by atoms with Crippen LogP contribution in [0, 0.1) is 11.3 Å². The summed E-state index contributed by atoms with van der Waals surface area (Å²) in [6, 6.07) is 1.68. The smallest absolute Gasteiger partial charge is 0.136 e. The van der Waals surface area contributed by atoms with Gasteiger partial charge in [-0.15, -0.1) is 0 Å². The molecule has 0 spiro atoms. The van der Waals surface area contributed by atoms with Gasteiger partial charge in [-0.05, 0) is 6.92 Å². The van der Waals surface area contributed by atoms with Gasteiger partial charge in [-0.3, -0.25) is 0 Å². The summed E-state index contributed by atoms with van der Waals surface area (Å²) in [6.07, 6.45) is 0. The van der Waals surface area contributed by atoms with Crippen molar-refractivity contribution in [1.29, 1.82) is 5.26 Å². The molecule has 0 aliphatic carbocycles. The lowest BCUT2D eigenvalue weighted by Crippen LogP contribution is -1.91. The summed E-state index contributed by atoms with van der Waals surface area (Å²) >= 11 is 5.19. The van der Waals surface area contributed by atoms with E-state index in [2.05, 4.69) is 0 Å². The van der Waals surface area contributed by atoms with Crippen LogP contribution in [0.1, 0.15) is 6.92 Å². The molecule has 0 bridgehead atoms. The molecule has 0 fully saturated rings. The van der Waals surface area contributed by atoms with Crippen LogP contribution in [0.3, 0.4) is 0 Å². The van der Waals surface area contributed by atoms with Crippen molar-refractivity contribution in [2.24, 2.45) is 5.73 Å². The number of hydrogen-bond acceptors (Lipinski definition) is 2. The molecule has 3 heteroatoms. The Morgan fingerprint density at radius 2 is 2.29 bits per heavy atom. The molecule has 0 radical (unpaired) electrons. The summed E-state index contributed by atoms with van der Waals surface area (Å²) in [7, 11) is 0. The highest BCUT2D eigenvalue weighted by atomic mass is 35.5. The molecule has 0 saturated carbocycles. The molecule has 0 unspecified atom stereocenters. The van der Waals surface area contributed by atoms with E-state index < -0.39 is 0 Å². The Hall–Kier alpha value is -0.680. The Bertz CT molecular complexity index is 127. The van der Waals surface area contributed by atoms with E-state index in [1.807, 2.05) is 0 Å². The lowest BCUT2D eigenvalue weighted by Gasteiger charge is -1.83. The van der Waals surface area contributed by atoms with Crippen molar-refractivity contribution in [3.05, 3.63) is 10.7 Å². The van der Waals surface area contributed by atoms with Crippen molar-refractivity contribution in [1.82, 2.24) is 0 Å². The van der Waals surface area contributed by atoms with Crippen LogP contribution >= 0.6 is 11.6 Å². The Labute approximate surface area is 47.2 Å². The number of nitrogens with zero attached hydrogens (tertiary/aromatic N) is 1. The van der Waals surface area contributed by atoms with Crippen LogP contribution in [0.4, 0.5) is 0 Å². The van der Waals surface area contributed by atoms with Crippen molar-refractivity contribution in [2.45, 2.75) is 6.92 Å². The monoisotopic (exact) mass is 116 g/mol. The summed E-state index contributed by atoms with van der Waals surface area (Å²) in [4.78, 5) is 0. The lowest BCUT2D eigenvalue weighted by atomic mass is 10.5. The Balaban J connectivity index is 4.07. The van der Waals surface area contributed by atoms with E-state index >= 15 is 0 Å².